The summed E-state index contributed by atoms with van der Waals surface area (Å²) in [5, 5.41) is 12.1. The molecule has 0 radical (unpaired) electrons. The Balaban J connectivity index is 1.86. The van der Waals surface area contributed by atoms with E-state index in [4.69, 9.17) is 9.26 Å². The highest BCUT2D eigenvalue weighted by atomic mass is 16.5. The number of aromatic nitrogens is 3. The quantitative estimate of drug-likeness (QED) is 0.466. The molecule has 2 aromatic heterocycles. The Morgan fingerprint density at radius 2 is 1.85 bits per heavy atom. The molecular weight excluding hydrogens is 420 g/mol. The summed E-state index contributed by atoms with van der Waals surface area (Å²) in [4.78, 5) is 26.6. The molecule has 0 unspecified atom stereocenters. The molecule has 33 heavy (non-hydrogen) atoms. The number of amides is 1. The van der Waals surface area contributed by atoms with Crippen LogP contribution in [0.4, 0.5) is 5.69 Å². The van der Waals surface area contributed by atoms with Crippen molar-refractivity contribution in [2.24, 2.45) is 0 Å². The lowest BCUT2D eigenvalue weighted by atomic mass is 10.1. The number of nitrogens with one attached hydrogen (secondary N) is 1. The number of ether oxygens (including phenoxy) is 1. The fourth-order valence-electron chi connectivity index (χ4n) is 3.98. The fourth-order valence-corrected chi connectivity index (χ4v) is 3.98. The van der Waals surface area contributed by atoms with Gasteiger partial charge in [0.25, 0.3) is 5.56 Å². The van der Waals surface area contributed by atoms with Crippen LogP contribution in [0.5, 0.6) is 5.75 Å². The van der Waals surface area contributed by atoms with Gasteiger partial charge in [-0.1, -0.05) is 42.4 Å². The molecule has 2 aromatic carbocycles. The van der Waals surface area contributed by atoms with Crippen molar-refractivity contribution < 1.29 is 14.1 Å². The summed E-state index contributed by atoms with van der Waals surface area (Å²) in [6.45, 7) is 7.43. The van der Waals surface area contributed by atoms with Gasteiger partial charge in [0.2, 0.25) is 5.91 Å². The highest BCUT2D eigenvalue weighted by molar-refractivity contribution is 5.96. The standard InChI is InChI=1S/C25H26N4O4/c1-6-19(24(30)26-21-14(2)9-7-10-15(21)3)29-25(31)23-20(16(4)33-28-23)22(27-29)17-11-8-12-18(13-17)32-5/h7-13,19H,6H2,1-5H3,(H,26,30)/t19-/m1/s1. The first-order valence-corrected chi connectivity index (χ1v) is 10.8. The fraction of sp³-hybridized carbons (Fsp3) is 0.280. The molecule has 0 aliphatic rings. The Bertz CT molecular complexity index is 1380. The number of carbonyl (C=O) groups is 1. The minimum Gasteiger partial charge on any atom is -0.497 e. The average molecular weight is 447 g/mol. The lowest BCUT2D eigenvalue weighted by Gasteiger charge is -2.19. The summed E-state index contributed by atoms with van der Waals surface area (Å²) in [6, 6.07) is 12.3. The van der Waals surface area contributed by atoms with Crippen molar-refractivity contribution in [3.63, 3.8) is 0 Å². The van der Waals surface area contributed by atoms with Gasteiger partial charge in [0.1, 0.15) is 23.2 Å². The van der Waals surface area contributed by atoms with Crippen LogP contribution in [0.15, 0.2) is 51.8 Å². The third-order valence-electron chi connectivity index (χ3n) is 5.77. The summed E-state index contributed by atoms with van der Waals surface area (Å²) in [6.07, 6.45) is 0.365. The van der Waals surface area contributed by atoms with Gasteiger partial charge in [-0.3, -0.25) is 9.59 Å². The molecule has 0 saturated heterocycles. The first-order chi connectivity index (χ1) is 15.8. The third-order valence-corrected chi connectivity index (χ3v) is 5.77. The molecule has 0 aliphatic carbocycles. The zero-order valence-corrected chi connectivity index (χ0v) is 19.3. The van der Waals surface area contributed by atoms with E-state index < -0.39 is 11.6 Å². The predicted octanol–water partition coefficient (Wildman–Crippen LogP) is 4.58. The maximum Gasteiger partial charge on any atom is 0.297 e. The van der Waals surface area contributed by atoms with E-state index >= 15 is 0 Å². The van der Waals surface area contributed by atoms with Gasteiger partial charge in [-0.25, -0.2) is 4.68 Å². The molecule has 0 spiro atoms. The Kier molecular flexibility index (Phi) is 6.00. The number of methoxy groups -OCH3 is 1. The Hall–Kier alpha value is -3.94. The number of aryl methyl sites for hydroxylation is 3. The van der Waals surface area contributed by atoms with E-state index in [-0.39, 0.29) is 11.4 Å². The van der Waals surface area contributed by atoms with Gasteiger partial charge in [0.05, 0.1) is 12.5 Å². The smallest absolute Gasteiger partial charge is 0.297 e. The van der Waals surface area contributed by atoms with Crippen LogP contribution in [-0.2, 0) is 4.79 Å². The molecular formula is C25H26N4O4. The van der Waals surface area contributed by atoms with Crippen molar-refractivity contribution in [1.82, 2.24) is 14.9 Å². The van der Waals surface area contributed by atoms with Crippen molar-refractivity contribution in [1.29, 1.82) is 0 Å². The van der Waals surface area contributed by atoms with Gasteiger partial charge in [-0.05, 0) is 50.5 Å². The van der Waals surface area contributed by atoms with Crippen LogP contribution in [0.2, 0.25) is 0 Å². The number of hydrogen-bond donors (Lipinski definition) is 1. The molecule has 170 valence electrons. The zero-order chi connectivity index (χ0) is 23.7. The van der Waals surface area contributed by atoms with Crippen LogP contribution in [0.3, 0.4) is 0 Å². The van der Waals surface area contributed by atoms with E-state index in [2.05, 4.69) is 15.6 Å². The van der Waals surface area contributed by atoms with E-state index in [1.807, 2.05) is 63.2 Å². The van der Waals surface area contributed by atoms with Gasteiger partial charge < -0.3 is 14.6 Å². The number of anilines is 1. The number of hydrogen-bond acceptors (Lipinski definition) is 6. The molecule has 0 aliphatic heterocycles. The molecule has 2 heterocycles. The Labute approximate surface area is 191 Å². The number of fused-ring (bicyclic) bond motifs is 1. The average Bonchev–Trinajstić information content (AvgIpc) is 3.20. The zero-order valence-electron chi connectivity index (χ0n) is 19.3. The second-order valence-electron chi connectivity index (χ2n) is 7.97. The maximum absolute atomic E-state index is 13.3. The van der Waals surface area contributed by atoms with Crippen LogP contribution in [0.25, 0.3) is 22.2 Å². The van der Waals surface area contributed by atoms with E-state index in [1.54, 1.807) is 14.0 Å². The number of nitrogens with zero attached hydrogens (tertiary/aromatic N) is 3. The second kappa shape index (κ2) is 8.90. The van der Waals surface area contributed by atoms with Crippen molar-refractivity contribution >= 4 is 22.5 Å². The largest absolute Gasteiger partial charge is 0.497 e. The molecule has 1 N–H and O–H groups in total. The highest BCUT2D eigenvalue weighted by Crippen LogP contribution is 2.30. The topological polar surface area (TPSA) is 99.2 Å². The van der Waals surface area contributed by atoms with Gasteiger partial charge in [-0.2, -0.15) is 5.10 Å². The van der Waals surface area contributed by atoms with E-state index in [0.717, 1.165) is 22.4 Å². The van der Waals surface area contributed by atoms with Crippen LogP contribution in [0.1, 0.15) is 36.3 Å². The maximum atomic E-state index is 13.3. The van der Waals surface area contributed by atoms with Crippen molar-refractivity contribution in [2.75, 3.05) is 12.4 Å². The molecule has 0 bridgehead atoms. The number of rotatable bonds is 6. The summed E-state index contributed by atoms with van der Waals surface area (Å²) in [7, 11) is 1.58. The highest BCUT2D eigenvalue weighted by Gasteiger charge is 2.27. The van der Waals surface area contributed by atoms with Crippen molar-refractivity contribution in [3.8, 4) is 17.0 Å². The number of carbonyl (C=O) groups excluding carboxylic acids is 1. The second-order valence-corrected chi connectivity index (χ2v) is 7.97. The molecule has 1 amide bonds. The van der Waals surface area contributed by atoms with Gasteiger partial charge >= 0.3 is 0 Å². The van der Waals surface area contributed by atoms with E-state index in [9.17, 15) is 9.59 Å². The van der Waals surface area contributed by atoms with Gasteiger partial charge in [-0.15, -0.1) is 0 Å². The minimum absolute atomic E-state index is 0.138. The lowest BCUT2D eigenvalue weighted by molar-refractivity contribution is -0.119. The molecule has 0 saturated carbocycles. The first-order valence-electron chi connectivity index (χ1n) is 10.8. The SMILES string of the molecule is CC[C@H](C(=O)Nc1c(C)cccc1C)n1nc(-c2cccc(OC)c2)c2c(C)onc2c1=O. The summed E-state index contributed by atoms with van der Waals surface area (Å²) < 4.78 is 11.9. The first kappa shape index (κ1) is 22.3. The molecule has 8 heteroatoms. The van der Waals surface area contributed by atoms with E-state index in [0.29, 0.717) is 29.0 Å². The van der Waals surface area contributed by atoms with Crippen LogP contribution < -0.4 is 15.6 Å². The summed E-state index contributed by atoms with van der Waals surface area (Å²) in [5.74, 6) is 0.808. The minimum atomic E-state index is -0.831. The van der Waals surface area contributed by atoms with Crippen LogP contribution in [0, 0.1) is 20.8 Å². The van der Waals surface area contributed by atoms with E-state index in [1.165, 1.54) is 4.68 Å². The number of para-hydroxylation sites is 1. The summed E-state index contributed by atoms with van der Waals surface area (Å²) in [5.41, 5.74) is 3.51. The lowest BCUT2D eigenvalue weighted by Crippen LogP contribution is -2.35. The molecule has 1 atom stereocenters. The predicted molar refractivity (Wildman–Crippen MR) is 127 cm³/mol. The monoisotopic (exact) mass is 446 g/mol. The van der Waals surface area contributed by atoms with Crippen LogP contribution >= 0.6 is 0 Å². The summed E-state index contributed by atoms with van der Waals surface area (Å²) >= 11 is 0. The molecule has 4 rings (SSSR count). The van der Waals surface area contributed by atoms with Crippen LogP contribution in [-0.4, -0.2) is 28.0 Å². The van der Waals surface area contributed by atoms with Crippen molar-refractivity contribution in [3.05, 3.63) is 69.7 Å². The van der Waals surface area contributed by atoms with Gasteiger partial charge in [0.15, 0.2) is 5.52 Å². The third kappa shape index (κ3) is 4.00. The number of benzene rings is 2. The van der Waals surface area contributed by atoms with Crippen molar-refractivity contribution in [2.45, 2.75) is 40.2 Å². The Morgan fingerprint density at radius 3 is 2.52 bits per heavy atom. The normalized spacial score (nSPS) is 12.0. The van der Waals surface area contributed by atoms with Gasteiger partial charge in [0, 0.05) is 11.3 Å². The molecule has 4 aromatic rings. The molecule has 8 nitrogen and oxygen atoms in total. The Morgan fingerprint density at radius 1 is 1.15 bits per heavy atom. The molecule has 0 fully saturated rings.